The average molecular weight is 278 g/mol. The molecule has 1 aliphatic carbocycles. The van der Waals surface area contributed by atoms with Crippen LogP contribution in [0.5, 0.6) is 0 Å². The number of hydrogen-bond donors (Lipinski definition) is 0. The van der Waals surface area contributed by atoms with Crippen LogP contribution < -0.4 is 4.90 Å². The second kappa shape index (κ2) is 5.33. The summed E-state index contributed by atoms with van der Waals surface area (Å²) in [7, 11) is 0. The Morgan fingerprint density at radius 1 is 1.11 bits per heavy atom. The van der Waals surface area contributed by atoms with Crippen LogP contribution in [0.2, 0.25) is 0 Å². The van der Waals surface area contributed by atoms with E-state index >= 15 is 0 Å². The fourth-order valence-electron chi connectivity index (χ4n) is 2.17. The molecule has 1 aliphatic rings. The average Bonchev–Trinajstić information content (AvgIpc) is 3.13. The van der Waals surface area contributed by atoms with Gasteiger partial charge in [0.1, 0.15) is 0 Å². The first-order chi connectivity index (χ1) is 8.86. The van der Waals surface area contributed by atoms with E-state index in [0.717, 1.165) is 12.6 Å². The van der Waals surface area contributed by atoms with Crippen LogP contribution in [0.3, 0.4) is 0 Å². The minimum absolute atomic E-state index is 0.592. The highest BCUT2D eigenvalue weighted by atomic mass is 35.5. The van der Waals surface area contributed by atoms with E-state index in [4.69, 9.17) is 11.6 Å². The lowest BCUT2D eigenvalue weighted by molar-refractivity contribution is 0.796. The minimum Gasteiger partial charge on any atom is -0.364 e. The van der Waals surface area contributed by atoms with Gasteiger partial charge in [0.05, 0.1) is 0 Å². The van der Waals surface area contributed by atoms with Crippen molar-refractivity contribution in [2.45, 2.75) is 31.3 Å². The molecule has 0 spiro atoms. The molecule has 1 aromatic carbocycles. The summed E-state index contributed by atoms with van der Waals surface area (Å²) in [6, 6.07) is 11.6. The Kier molecular flexibility index (Phi) is 3.57. The Labute approximate surface area is 117 Å². The van der Waals surface area contributed by atoms with Gasteiger partial charge in [-0.3, -0.25) is 0 Å². The Morgan fingerprint density at radius 2 is 1.89 bits per heavy atom. The smallest absolute Gasteiger partial charge is 0.0474 e. The number of nitrogens with zero attached hydrogens (tertiary/aromatic N) is 1. The van der Waals surface area contributed by atoms with Crippen LogP contribution in [0.4, 0.5) is 5.69 Å². The fourth-order valence-corrected chi connectivity index (χ4v) is 3.01. The highest BCUT2D eigenvalue weighted by molar-refractivity contribution is 7.07. The van der Waals surface area contributed by atoms with Crippen molar-refractivity contribution in [1.29, 1.82) is 0 Å². The number of benzene rings is 1. The molecule has 0 radical (unpaired) electrons. The molecule has 0 atom stereocenters. The van der Waals surface area contributed by atoms with Crippen LogP contribution in [0.15, 0.2) is 41.1 Å². The molecule has 0 aliphatic heterocycles. The molecule has 2 aromatic rings. The van der Waals surface area contributed by atoms with Crippen molar-refractivity contribution < 1.29 is 0 Å². The van der Waals surface area contributed by atoms with E-state index in [1.54, 1.807) is 11.3 Å². The molecular formula is C15H16ClNS. The van der Waals surface area contributed by atoms with Gasteiger partial charge in [0.2, 0.25) is 0 Å². The van der Waals surface area contributed by atoms with Crippen LogP contribution in [0.25, 0.3) is 0 Å². The highest BCUT2D eigenvalue weighted by Gasteiger charge is 2.29. The van der Waals surface area contributed by atoms with Gasteiger partial charge in [-0.25, -0.2) is 0 Å². The van der Waals surface area contributed by atoms with Gasteiger partial charge in [0, 0.05) is 24.2 Å². The van der Waals surface area contributed by atoms with Crippen molar-refractivity contribution in [3.05, 3.63) is 52.2 Å². The van der Waals surface area contributed by atoms with Crippen LogP contribution in [-0.4, -0.2) is 6.04 Å². The standard InChI is InChI=1S/C15H16ClNS/c16-9-12-1-3-14(4-2-12)17(15-5-6-15)10-13-7-8-18-11-13/h1-4,7-8,11,15H,5-6,9-10H2. The van der Waals surface area contributed by atoms with E-state index in [2.05, 4.69) is 46.0 Å². The Morgan fingerprint density at radius 3 is 2.44 bits per heavy atom. The first-order valence-electron chi connectivity index (χ1n) is 6.29. The third-order valence-corrected chi connectivity index (χ3v) is 4.38. The van der Waals surface area contributed by atoms with Gasteiger partial charge < -0.3 is 4.90 Å². The third kappa shape index (κ3) is 2.70. The van der Waals surface area contributed by atoms with Crippen molar-refractivity contribution in [3.8, 4) is 0 Å². The topological polar surface area (TPSA) is 3.24 Å². The number of anilines is 1. The number of thiophene rings is 1. The molecule has 0 bridgehead atoms. The molecule has 3 rings (SSSR count). The molecule has 3 heteroatoms. The lowest BCUT2D eigenvalue weighted by Crippen LogP contribution is -2.24. The Balaban J connectivity index is 1.80. The van der Waals surface area contributed by atoms with Gasteiger partial charge in [-0.05, 0) is 52.9 Å². The molecule has 1 fully saturated rings. The normalized spacial score (nSPS) is 14.7. The maximum Gasteiger partial charge on any atom is 0.0474 e. The van der Waals surface area contributed by atoms with E-state index in [0.29, 0.717) is 5.88 Å². The molecule has 1 heterocycles. The lowest BCUT2D eigenvalue weighted by atomic mass is 10.2. The van der Waals surface area contributed by atoms with Crippen LogP contribution in [-0.2, 0) is 12.4 Å². The summed E-state index contributed by atoms with van der Waals surface area (Å²) < 4.78 is 0. The number of rotatable bonds is 5. The molecule has 18 heavy (non-hydrogen) atoms. The molecule has 0 N–H and O–H groups in total. The summed E-state index contributed by atoms with van der Waals surface area (Å²) >= 11 is 7.61. The van der Waals surface area contributed by atoms with E-state index in [-0.39, 0.29) is 0 Å². The van der Waals surface area contributed by atoms with Crippen LogP contribution >= 0.6 is 22.9 Å². The second-order valence-corrected chi connectivity index (χ2v) is 5.84. The number of alkyl halides is 1. The zero-order valence-corrected chi connectivity index (χ0v) is 11.8. The largest absolute Gasteiger partial charge is 0.364 e. The van der Waals surface area contributed by atoms with Gasteiger partial charge in [-0.1, -0.05) is 12.1 Å². The zero-order valence-electron chi connectivity index (χ0n) is 10.2. The molecule has 0 saturated heterocycles. The van der Waals surface area contributed by atoms with Crippen molar-refractivity contribution in [1.82, 2.24) is 0 Å². The van der Waals surface area contributed by atoms with Gasteiger partial charge in [-0.2, -0.15) is 11.3 Å². The summed E-state index contributed by atoms with van der Waals surface area (Å²) in [5.74, 6) is 0.592. The van der Waals surface area contributed by atoms with E-state index in [1.165, 1.54) is 29.7 Å². The Hall–Kier alpha value is -0.990. The highest BCUT2D eigenvalue weighted by Crippen LogP contribution is 2.33. The Bertz CT molecular complexity index is 488. The first kappa shape index (κ1) is 12.1. The second-order valence-electron chi connectivity index (χ2n) is 4.79. The molecule has 0 unspecified atom stereocenters. The third-order valence-electron chi connectivity index (χ3n) is 3.34. The summed E-state index contributed by atoms with van der Waals surface area (Å²) in [4.78, 5) is 2.51. The molecular weight excluding hydrogens is 262 g/mol. The quantitative estimate of drug-likeness (QED) is 0.719. The lowest BCUT2D eigenvalue weighted by Gasteiger charge is -2.24. The minimum atomic E-state index is 0.592. The van der Waals surface area contributed by atoms with Crippen LogP contribution in [0, 0.1) is 0 Å². The zero-order chi connectivity index (χ0) is 12.4. The van der Waals surface area contributed by atoms with E-state index < -0.39 is 0 Å². The summed E-state index contributed by atoms with van der Waals surface area (Å²) in [5.41, 5.74) is 3.91. The molecule has 1 nitrogen and oxygen atoms in total. The van der Waals surface area contributed by atoms with E-state index in [9.17, 15) is 0 Å². The van der Waals surface area contributed by atoms with Gasteiger partial charge in [-0.15, -0.1) is 11.6 Å². The number of halogens is 1. The van der Waals surface area contributed by atoms with Gasteiger partial charge in [0.15, 0.2) is 0 Å². The maximum atomic E-state index is 5.84. The SMILES string of the molecule is ClCc1ccc(N(Cc2ccsc2)C2CC2)cc1. The molecule has 94 valence electrons. The predicted molar refractivity (Wildman–Crippen MR) is 79.5 cm³/mol. The van der Waals surface area contributed by atoms with Crippen molar-refractivity contribution >= 4 is 28.6 Å². The molecule has 1 aromatic heterocycles. The van der Waals surface area contributed by atoms with Crippen molar-refractivity contribution in [2.75, 3.05) is 4.90 Å². The number of hydrogen-bond acceptors (Lipinski definition) is 2. The monoisotopic (exact) mass is 277 g/mol. The molecule has 1 saturated carbocycles. The van der Waals surface area contributed by atoms with Gasteiger partial charge in [0.25, 0.3) is 0 Å². The van der Waals surface area contributed by atoms with Crippen LogP contribution in [0.1, 0.15) is 24.0 Å². The summed E-state index contributed by atoms with van der Waals surface area (Å²) in [6.07, 6.45) is 2.64. The van der Waals surface area contributed by atoms with Gasteiger partial charge >= 0.3 is 0 Å². The maximum absolute atomic E-state index is 5.84. The first-order valence-corrected chi connectivity index (χ1v) is 7.77. The summed E-state index contributed by atoms with van der Waals surface area (Å²) in [5, 5.41) is 4.39. The summed E-state index contributed by atoms with van der Waals surface area (Å²) in [6.45, 7) is 1.02. The molecule has 0 amide bonds. The fraction of sp³-hybridized carbons (Fsp3) is 0.333. The predicted octanol–water partition coefficient (Wildman–Crippen LogP) is 4.66. The van der Waals surface area contributed by atoms with E-state index in [1.807, 2.05) is 0 Å². The van der Waals surface area contributed by atoms with Crippen molar-refractivity contribution in [3.63, 3.8) is 0 Å². The van der Waals surface area contributed by atoms with Crippen molar-refractivity contribution in [2.24, 2.45) is 0 Å².